The van der Waals surface area contributed by atoms with Crippen LogP contribution in [-0.4, -0.2) is 28.7 Å². The first-order valence-corrected chi connectivity index (χ1v) is 9.70. The molecule has 0 aliphatic carbocycles. The van der Waals surface area contributed by atoms with Crippen molar-refractivity contribution in [3.05, 3.63) is 70.6 Å². The van der Waals surface area contributed by atoms with Gasteiger partial charge >= 0.3 is 5.63 Å². The molecule has 3 rings (SSSR count). The van der Waals surface area contributed by atoms with Crippen LogP contribution in [0, 0.1) is 0 Å². The lowest BCUT2D eigenvalue weighted by Crippen LogP contribution is -2.23. The van der Waals surface area contributed by atoms with Crippen molar-refractivity contribution < 1.29 is 22.3 Å². The number of benzene rings is 2. The Bertz CT molecular complexity index is 1070. The zero-order valence-corrected chi connectivity index (χ0v) is 15.5. The van der Waals surface area contributed by atoms with Crippen molar-refractivity contribution in [3.8, 4) is 5.75 Å². The lowest BCUT2D eigenvalue weighted by molar-refractivity contribution is 0.146. The number of nitrogens with one attached hydrogen (secondary N) is 1. The van der Waals surface area contributed by atoms with Crippen LogP contribution < -0.4 is 15.1 Å². The number of hydrogen-bond acceptors (Lipinski definition) is 6. The molecule has 1 heterocycles. The Morgan fingerprint density at radius 1 is 1.00 bits per heavy atom. The van der Waals surface area contributed by atoms with Crippen LogP contribution in [-0.2, 0) is 21.3 Å². The van der Waals surface area contributed by atoms with Crippen molar-refractivity contribution in [2.45, 2.75) is 11.4 Å². The predicted octanol–water partition coefficient (Wildman–Crippen LogP) is 2.30. The molecule has 0 amide bonds. The Kier molecular flexibility index (Phi) is 5.90. The summed E-state index contributed by atoms with van der Waals surface area (Å²) in [6.07, 6.45) is 0. The standard InChI is InChI=1S/C19H19NO6S/c1-24-10-11-25-16-5-2-14(3-6-16)13-20-27(22,23)17-7-8-18-15(12-17)4-9-19(21)26-18/h2-9,12,20H,10-11,13H2,1H3. The second-order valence-electron chi connectivity index (χ2n) is 5.76. The third kappa shape index (κ3) is 4.94. The molecule has 0 aliphatic heterocycles. The van der Waals surface area contributed by atoms with Gasteiger partial charge in [-0.3, -0.25) is 0 Å². The van der Waals surface area contributed by atoms with Crippen LogP contribution in [0.5, 0.6) is 5.75 Å². The van der Waals surface area contributed by atoms with Crippen molar-refractivity contribution in [2.75, 3.05) is 20.3 Å². The van der Waals surface area contributed by atoms with Crippen molar-refractivity contribution in [1.29, 1.82) is 0 Å². The summed E-state index contributed by atoms with van der Waals surface area (Å²) in [7, 11) is -2.10. The summed E-state index contributed by atoms with van der Waals surface area (Å²) < 4.78 is 43.0. The van der Waals surface area contributed by atoms with Gasteiger partial charge in [0, 0.05) is 25.1 Å². The maximum atomic E-state index is 12.5. The number of fused-ring (bicyclic) bond motifs is 1. The van der Waals surface area contributed by atoms with Gasteiger partial charge in [-0.1, -0.05) is 12.1 Å². The molecule has 0 unspecified atom stereocenters. The van der Waals surface area contributed by atoms with Gasteiger partial charge in [-0.15, -0.1) is 0 Å². The van der Waals surface area contributed by atoms with Crippen LogP contribution >= 0.6 is 0 Å². The van der Waals surface area contributed by atoms with E-state index in [4.69, 9.17) is 13.9 Å². The quantitative estimate of drug-likeness (QED) is 0.469. The molecular weight excluding hydrogens is 370 g/mol. The molecule has 3 aromatic rings. The molecule has 27 heavy (non-hydrogen) atoms. The van der Waals surface area contributed by atoms with Gasteiger partial charge in [0.25, 0.3) is 0 Å². The molecule has 1 aromatic heterocycles. The van der Waals surface area contributed by atoms with Crippen LogP contribution in [0.3, 0.4) is 0 Å². The first-order valence-electron chi connectivity index (χ1n) is 8.22. The number of rotatable bonds is 8. The molecule has 0 atom stereocenters. The summed E-state index contributed by atoms with van der Waals surface area (Å²) in [4.78, 5) is 11.3. The van der Waals surface area contributed by atoms with E-state index in [0.717, 1.165) is 5.56 Å². The van der Waals surface area contributed by atoms with Gasteiger partial charge in [-0.2, -0.15) is 0 Å². The Hall–Kier alpha value is -2.68. The third-order valence-electron chi connectivity index (χ3n) is 3.85. The molecule has 0 spiro atoms. The molecule has 0 saturated carbocycles. The first-order chi connectivity index (χ1) is 13.0. The minimum absolute atomic E-state index is 0.100. The van der Waals surface area contributed by atoms with E-state index < -0.39 is 15.6 Å². The summed E-state index contributed by atoms with van der Waals surface area (Å²) in [5.41, 5.74) is 0.654. The first kappa shape index (κ1) is 19.1. The lowest BCUT2D eigenvalue weighted by Gasteiger charge is -2.09. The van der Waals surface area contributed by atoms with Gasteiger partial charge in [0.2, 0.25) is 10.0 Å². The second kappa shape index (κ2) is 8.34. The van der Waals surface area contributed by atoms with Crippen molar-refractivity contribution in [1.82, 2.24) is 4.72 Å². The van der Waals surface area contributed by atoms with Crippen molar-refractivity contribution >= 4 is 21.0 Å². The molecule has 2 aromatic carbocycles. The topological polar surface area (TPSA) is 94.8 Å². The third-order valence-corrected chi connectivity index (χ3v) is 5.25. The molecule has 0 radical (unpaired) electrons. The zero-order chi connectivity index (χ0) is 19.3. The molecule has 0 fully saturated rings. The van der Waals surface area contributed by atoms with Gasteiger partial charge in [0.05, 0.1) is 11.5 Å². The zero-order valence-electron chi connectivity index (χ0n) is 14.7. The fourth-order valence-electron chi connectivity index (χ4n) is 2.43. The van der Waals surface area contributed by atoms with Crippen LogP contribution in [0.25, 0.3) is 11.0 Å². The highest BCUT2D eigenvalue weighted by Gasteiger charge is 2.14. The van der Waals surface area contributed by atoms with Gasteiger partial charge in [0.15, 0.2) is 0 Å². The average Bonchev–Trinajstić information content (AvgIpc) is 2.67. The summed E-state index contributed by atoms with van der Waals surface area (Å²) in [6, 6.07) is 14.3. The molecule has 7 nitrogen and oxygen atoms in total. The highest BCUT2D eigenvalue weighted by atomic mass is 32.2. The molecule has 8 heteroatoms. The number of ether oxygens (including phenoxy) is 2. The van der Waals surface area contributed by atoms with Gasteiger partial charge in [-0.25, -0.2) is 17.9 Å². The molecule has 142 valence electrons. The molecule has 0 aliphatic rings. The van der Waals surface area contributed by atoms with Gasteiger partial charge < -0.3 is 13.9 Å². The number of methoxy groups -OCH3 is 1. The summed E-state index contributed by atoms with van der Waals surface area (Å²) in [6.45, 7) is 1.09. The maximum absolute atomic E-state index is 12.5. The Morgan fingerprint density at radius 3 is 2.52 bits per heavy atom. The Balaban J connectivity index is 1.67. The molecule has 0 saturated heterocycles. The number of sulfonamides is 1. The van der Waals surface area contributed by atoms with E-state index in [9.17, 15) is 13.2 Å². The summed E-state index contributed by atoms with van der Waals surface area (Å²) >= 11 is 0. The molecule has 1 N–H and O–H groups in total. The van der Waals surface area contributed by atoms with Gasteiger partial charge in [0.1, 0.15) is 17.9 Å². The van der Waals surface area contributed by atoms with E-state index in [1.165, 1.54) is 30.3 Å². The number of hydrogen-bond donors (Lipinski definition) is 1. The SMILES string of the molecule is COCCOc1ccc(CNS(=O)(=O)c2ccc3oc(=O)ccc3c2)cc1. The van der Waals surface area contributed by atoms with Crippen LogP contribution in [0.1, 0.15) is 5.56 Å². The van der Waals surface area contributed by atoms with Crippen molar-refractivity contribution in [2.24, 2.45) is 0 Å². The fourth-order valence-corrected chi connectivity index (χ4v) is 3.48. The van der Waals surface area contributed by atoms with E-state index in [1.807, 2.05) is 0 Å². The maximum Gasteiger partial charge on any atom is 0.336 e. The van der Waals surface area contributed by atoms with Crippen molar-refractivity contribution in [3.63, 3.8) is 0 Å². The lowest BCUT2D eigenvalue weighted by atomic mass is 10.2. The average molecular weight is 389 g/mol. The minimum atomic E-state index is -3.71. The van der Waals surface area contributed by atoms with E-state index in [2.05, 4.69) is 4.72 Å². The van der Waals surface area contributed by atoms with Gasteiger partial charge in [-0.05, 0) is 42.0 Å². The minimum Gasteiger partial charge on any atom is -0.491 e. The van der Waals surface area contributed by atoms with E-state index >= 15 is 0 Å². The van der Waals surface area contributed by atoms with Crippen LogP contribution in [0.2, 0.25) is 0 Å². The predicted molar refractivity (Wildman–Crippen MR) is 100 cm³/mol. The van der Waals surface area contributed by atoms with Crippen LogP contribution in [0.15, 0.2) is 68.7 Å². The van der Waals surface area contributed by atoms with E-state index in [0.29, 0.717) is 29.9 Å². The normalized spacial score (nSPS) is 11.6. The summed E-state index contributed by atoms with van der Waals surface area (Å²) in [5.74, 6) is 0.690. The largest absolute Gasteiger partial charge is 0.491 e. The fraction of sp³-hybridized carbons (Fsp3) is 0.211. The Morgan fingerprint density at radius 2 is 1.78 bits per heavy atom. The molecular formula is C19H19NO6S. The van der Waals surface area contributed by atoms with Crippen LogP contribution in [0.4, 0.5) is 0 Å². The monoisotopic (exact) mass is 389 g/mol. The highest BCUT2D eigenvalue weighted by Crippen LogP contribution is 2.18. The Labute approximate surface area is 156 Å². The highest BCUT2D eigenvalue weighted by molar-refractivity contribution is 7.89. The second-order valence-corrected chi connectivity index (χ2v) is 7.53. The smallest absolute Gasteiger partial charge is 0.336 e. The molecule has 0 bridgehead atoms. The van der Waals surface area contributed by atoms with E-state index in [-0.39, 0.29) is 11.4 Å². The summed E-state index contributed by atoms with van der Waals surface area (Å²) in [5, 5.41) is 0.537. The van der Waals surface area contributed by atoms with E-state index in [1.54, 1.807) is 31.4 Å².